The highest BCUT2D eigenvalue weighted by Gasteiger charge is 2.68. The molecular weight excluding hydrogens is 516 g/mol. The van der Waals surface area contributed by atoms with Crippen LogP contribution in [-0.2, 0) is 29.8 Å². The lowest BCUT2D eigenvalue weighted by atomic mass is 9.68. The molecule has 4 bridgehead atoms. The highest BCUT2D eigenvalue weighted by Crippen LogP contribution is 2.68. The Kier molecular flexibility index (Phi) is 6.71. The minimum absolute atomic E-state index is 0.0152. The number of ketones is 2. The van der Waals surface area contributed by atoms with E-state index in [0.717, 1.165) is 12.8 Å². The first-order valence-electron chi connectivity index (χ1n) is 12.6. The van der Waals surface area contributed by atoms with Gasteiger partial charge in [0.25, 0.3) is 20.2 Å². The number of benzene rings is 1. The van der Waals surface area contributed by atoms with Crippen molar-refractivity contribution in [2.45, 2.75) is 66.2 Å². The molecular formula is C27H36O8S2. The quantitative estimate of drug-likeness (QED) is 0.505. The summed E-state index contributed by atoms with van der Waals surface area (Å²) in [4.78, 5) is 24.4. The lowest BCUT2D eigenvalue weighted by Crippen LogP contribution is -2.42. The van der Waals surface area contributed by atoms with E-state index in [1.807, 2.05) is 33.8 Å². The second-order valence-electron chi connectivity index (χ2n) is 12.3. The van der Waals surface area contributed by atoms with Gasteiger partial charge in [-0.05, 0) is 60.0 Å². The van der Waals surface area contributed by atoms with Crippen LogP contribution in [-0.4, -0.2) is 43.3 Å². The standard InChI is InChI=1S/C17H20O4S.C10H16O4S/c1-16(2)13-8-9-17(16,14(18)11-13)15(22(19,20)21)10-12-6-4-3-5-7-12;1-9(2)7-3-4-10(9,8(11)5-7)6-15(12,13)14/h3-7,10,13H,8-9,11H2,1-2H3,(H,19,20,21);7H,3-6H2,1-2H3,(H,12,13,14). The van der Waals surface area contributed by atoms with Gasteiger partial charge in [0.15, 0.2) is 0 Å². The first-order valence-corrected chi connectivity index (χ1v) is 15.7. The summed E-state index contributed by atoms with van der Waals surface area (Å²) in [7, 11) is -8.53. The minimum Gasteiger partial charge on any atom is -0.299 e. The molecule has 37 heavy (non-hydrogen) atoms. The Labute approximate surface area is 219 Å². The van der Waals surface area contributed by atoms with Gasteiger partial charge in [-0.25, -0.2) is 0 Å². The summed E-state index contributed by atoms with van der Waals surface area (Å²) in [6.07, 6.45) is 5.14. The fourth-order valence-electron chi connectivity index (χ4n) is 7.79. The van der Waals surface area contributed by atoms with Gasteiger partial charge in [0.2, 0.25) is 0 Å². The van der Waals surface area contributed by atoms with Crippen molar-refractivity contribution in [3.8, 4) is 0 Å². The third-order valence-electron chi connectivity index (χ3n) is 10.3. The maximum atomic E-state index is 12.6. The second-order valence-corrected chi connectivity index (χ2v) is 15.1. The molecule has 2 N–H and O–H groups in total. The summed E-state index contributed by atoms with van der Waals surface area (Å²) >= 11 is 0. The Bertz CT molecular complexity index is 1360. The van der Waals surface area contributed by atoms with Gasteiger partial charge in [0.05, 0.1) is 21.5 Å². The van der Waals surface area contributed by atoms with Crippen LogP contribution in [0.1, 0.15) is 71.8 Å². The molecule has 0 radical (unpaired) electrons. The summed E-state index contributed by atoms with van der Waals surface area (Å²) in [6.45, 7) is 7.78. The normalized spacial score (nSPS) is 33.9. The molecule has 4 saturated carbocycles. The third-order valence-corrected chi connectivity index (χ3v) is 12.1. The van der Waals surface area contributed by atoms with Crippen LogP contribution in [0.15, 0.2) is 35.2 Å². The van der Waals surface area contributed by atoms with Crippen molar-refractivity contribution in [3.63, 3.8) is 0 Å². The summed E-state index contributed by atoms with van der Waals surface area (Å²) in [6, 6.07) is 8.95. The molecule has 0 aliphatic heterocycles. The predicted octanol–water partition coefficient (Wildman–Crippen LogP) is 4.58. The smallest absolute Gasteiger partial charge is 0.291 e. The highest BCUT2D eigenvalue weighted by molar-refractivity contribution is 7.90. The van der Waals surface area contributed by atoms with E-state index in [1.165, 1.54) is 6.08 Å². The highest BCUT2D eigenvalue weighted by atomic mass is 32.2. The van der Waals surface area contributed by atoms with Crippen molar-refractivity contribution in [2.24, 2.45) is 33.5 Å². The van der Waals surface area contributed by atoms with Gasteiger partial charge in [-0.15, -0.1) is 0 Å². The molecule has 1 aromatic carbocycles. The molecule has 204 valence electrons. The molecule has 8 nitrogen and oxygen atoms in total. The zero-order valence-electron chi connectivity index (χ0n) is 21.7. The number of hydrogen-bond donors (Lipinski definition) is 2. The Balaban J connectivity index is 0.000000186. The molecule has 5 rings (SSSR count). The van der Waals surface area contributed by atoms with Crippen LogP contribution in [0.25, 0.3) is 6.08 Å². The Hall–Kier alpha value is -1.88. The molecule has 1 aromatic rings. The van der Waals surface area contributed by atoms with E-state index in [4.69, 9.17) is 4.55 Å². The first kappa shape index (κ1) is 28.1. The lowest BCUT2D eigenvalue weighted by Gasteiger charge is -2.37. The fourth-order valence-corrected chi connectivity index (χ4v) is 10.3. The zero-order valence-corrected chi connectivity index (χ0v) is 23.4. The van der Waals surface area contributed by atoms with Crippen LogP contribution in [0.2, 0.25) is 0 Å². The predicted molar refractivity (Wildman–Crippen MR) is 140 cm³/mol. The van der Waals surface area contributed by atoms with Crippen molar-refractivity contribution >= 4 is 37.9 Å². The number of rotatable bonds is 5. The van der Waals surface area contributed by atoms with E-state index in [-0.39, 0.29) is 33.7 Å². The topological polar surface area (TPSA) is 143 Å². The number of allylic oxidation sites excluding steroid dienone is 1. The Morgan fingerprint density at radius 1 is 0.865 bits per heavy atom. The average Bonchev–Trinajstić information content (AvgIpc) is 3.30. The van der Waals surface area contributed by atoms with Gasteiger partial charge in [-0.2, -0.15) is 16.8 Å². The molecule has 4 aliphatic carbocycles. The average molecular weight is 553 g/mol. The third kappa shape index (κ3) is 4.33. The molecule has 0 heterocycles. The molecule has 0 spiro atoms. The van der Waals surface area contributed by atoms with Crippen LogP contribution in [0.3, 0.4) is 0 Å². The molecule has 0 aromatic heterocycles. The SMILES string of the molecule is CC1(C)C2CCC1(C(=Cc1ccccc1)S(=O)(=O)O)C(=O)C2.CC1(C)C2CCC1(CS(=O)(=O)O)C(=O)C2. The Morgan fingerprint density at radius 2 is 1.41 bits per heavy atom. The number of fused-ring (bicyclic) bond motifs is 4. The molecule has 0 saturated heterocycles. The van der Waals surface area contributed by atoms with E-state index in [0.29, 0.717) is 31.2 Å². The number of carbonyl (C=O) groups excluding carboxylic acids is 2. The zero-order chi connectivity index (χ0) is 27.7. The van der Waals surface area contributed by atoms with E-state index < -0.39 is 42.2 Å². The van der Waals surface area contributed by atoms with Crippen LogP contribution in [0.4, 0.5) is 0 Å². The maximum Gasteiger partial charge on any atom is 0.291 e. The minimum atomic E-state index is -4.45. The summed E-state index contributed by atoms with van der Waals surface area (Å²) in [5.74, 6) is 0.0186. The number of carbonyl (C=O) groups is 2. The fraction of sp³-hybridized carbons (Fsp3) is 0.630. The van der Waals surface area contributed by atoms with Crippen LogP contribution >= 0.6 is 0 Å². The van der Waals surface area contributed by atoms with Crippen LogP contribution < -0.4 is 0 Å². The summed E-state index contributed by atoms with van der Waals surface area (Å²) in [5, 5.41) is 0. The van der Waals surface area contributed by atoms with Crippen molar-refractivity contribution in [2.75, 3.05) is 5.75 Å². The van der Waals surface area contributed by atoms with Gasteiger partial charge in [-0.1, -0.05) is 58.0 Å². The molecule has 4 fully saturated rings. The summed E-state index contributed by atoms with van der Waals surface area (Å²) < 4.78 is 64.9. The molecule has 0 amide bonds. The molecule has 10 heteroatoms. The Morgan fingerprint density at radius 3 is 1.81 bits per heavy atom. The van der Waals surface area contributed by atoms with Gasteiger partial charge in [0.1, 0.15) is 11.6 Å². The first-order chi connectivity index (χ1) is 16.9. The van der Waals surface area contributed by atoms with E-state index >= 15 is 0 Å². The molecule has 4 atom stereocenters. The van der Waals surface area contributed by atoms with Crippen molar-refractivity contribution in [1.29, 1.82) is 0 Å². The van der Waals surface area contributed by atoms with Crippen LogP contribution in [0.5, 0.6) is 0 Å². The van der Waals surface area contributed by atoms with Gasteiger partial charge < -0.3 is 0 Å². The largest absolute Gasteiger partial charge is 0.299 e. The van der Waals surface area contributed by atoms with E-state index in [1.54, 1.807) is 24.3 Å². The molecule has 4 aliphatic rings. The van der Waals surface area contributed by atoms with Gasteiger partial charge in [0, 0.05) is 12.8 Å². The van der Waals surface area contributed by atoms with Crippen molar-refractivity contribution < 1.29 is 35.5 Å². The van der Waals surface area contributed by atoms with Gasteiger partial charge in [-0.3, -0.25) is 18.7 Å². The van der Waals surface area contributed by atoms with Crippen molar-refractivity contribution in [1.82, 2.24) is 0 Å². The second kappa shape index (κ2) is 8.83. The number of hydrogen-bond acceptors (Lipinski definition) is 6. The van der Waals surface area contributed by atoms with E-state index in [2.05, 4.69) is 0 Å². The number of Topliss-reactive ketones (excluding diaryl/α,β-unsaturated/α-hetero) is 2. The van der Waals surface area contributed by atoms with Crippen LogP contribution in [0, 0.1) is 33.5 Å². The van der Waals surface area contributed by atoms with Crippen molar-refractivity contribution in [3.05, 3.63) is 40.8 Å². The monoisotopic (exact) mass is 552 g/mol. The maximum absolute atomic E-state index is 12.6. The van der Waals surface area contributed by atoms with Gasteiger partial charge >= 0.3 is 0 Å². The molecule has 4 unspecified atom stereocenters. The van der Waals surface area contributed by atoms with E-state index in [9.17, 15) is 31.0 Å². The lowest BCUT2D eigenvalue weighted by molar-refractivity contribution is -0.128. The summed E-state index contributed by atoms with van der Waals surface area (Å²) in [5.41, 5.74) is -2.00.